The molecule has 0 radical (unpaired) electrons. The molecule has 0 atom stereocenters. The van der Waals surface area contributed by atoms with Crippen molar-refractivity contribution in [3.63, 3.8) is 0 Å². The number of fused-ring (bicyclic) bond motifs is 1. The number of hydrazone groups is 1. The molecule has 10 heteroatoms. The molecule has 0 aliphatic carbocycles. The number of rotatable bonds is 4. The quantitative estimate of drug-likeness (QED) is 0.617. The summed E-state index contributed by atoms with van der Waals surface area (Å²) in [6.07, 6.45) is -4.99. The first-order chi connectivity index (χ1) is 13.2. The van der Waals surface area contributed by atoms with Gasteiger partial charge in [0.15, 0.2) is 11.5 Å². The lowest BCUT2D eigenvalue weighted by molar-refractivity contribution is -0.167. The van der Waals surface area contributed by atoms with Crippen molar-refractivity contribution in [2.45, 2.75) is 13.1 Å². The average Bonchev–Trinajstić information content (AvgIpc) is 3.13. The van der Waals surface area contributed by atoms with Crippen molar-refractivity contribution >= 4 is 23.2 Å². The fourth-order valence-electron chi connectivity index (χ4n) is 2.33. The summed E-state index contributed by atoms with van der Waals surface area (Å²) in [5.74, 6) is -1.59. The lowest BCUT2D eigenvalue weighted by Crippen LogP contribution is -2.29. The molecule has 146 valence electrons. The Hall–Kier alpha value is -3.56. The SMILES string of the molecule is CC(=NNC(=O)c1ccc2c(c1)OCO2)c1cccc(NC(=O)C(F)(F)F)c1. The first-order valence-electron chi connectivity index (χ1n) is 7.97. The summed E-state index contributed by atoms with van der Waals surface area (Å²) >= 11 is 0. The van der Waals surface area contributed by atoms with E-state index in [0.717, 1.165) is 0 Å². The van der Waals surface area contributed by atoms with Gasteiger partial charge >= 0.3 is 12.1 Å². The first-order valence-corrected chi connectivity index (χ1v) is 7.97. The van der Waals surface area contributed by atoms with E-state index in [1.807, 2.05) is 0 Å². The summed E-state index contributed by atoms with van der Waals surface area (Å²) in [6.45, 7) is 1.64. The number of amides is 2. The number of nitrogens with one attached hydrogen (secondary N) is 2. The molecular weight excluding hydrogens is 379 g/mol. The van der Waals surface area contributed by atoms with Crippen molar-refractivity contribution in [3.05, 3.63) is 53.6 Å². The Morgan fingerprint density at radius 1 is 1.04 bits per heavy atom. The minimum Gasteiger partial charge on any atom is -0.454 e. The Morgan fingerprint density at radius 3 is 2.54 bits per heavy atom. The second kappa shape index (κ2) is 7.59. The van der Waals surface area contributed by atoms with E-state index in [2.05, 4.69) is 10.5 Å². The zero-order chi connectivity index (χ0) is 20.3. The zero-order valence-electron chi connectivity index (χ0n) is 14.5. The number of nitrogens with zero attached hydrogens (tertiary/aromatic N) is 1. The number of hydrogen-bond donors (Lipinski definition) is 2. The van der Waals surface area contributed by atoms with Crippen LogP contribution in [0.4, 0.5) is 18.9 Å². The third-order valence-corrected chi connectivity index (χ3v) is 3.76. The fraction of sp³-hybridized carbons (Fsp3) is 0.167. The summed E-state index contributed by atoms with van der Waals surface area (Å²) in [7, 11) is 0. The van der Waals surface area contributed by atoms with Crippen molar-refractivity contribution in [1.29, 1.82) is 0 Å². The van der Waals surface area contributed by atoms with Crippen LogP contribution in [0.3, 0.4) is 0 Å². The smallest absolute Gasteiger partial charge is 0.454 e. The number of alkyl halides is 3. The molecule has 0 unspecified atom stereocenters. The normalized spacial score (nSPS) is 13.2. The van der Waals surface area contributed by atoms with Gasteiger partial charge in [0.25, 0.3) is 5.91 Å². The molecule has 2 N–H and O–H groups in total. The third-order valence-electron chi connectivity index (χ3n) is 3.76. The van der Waals surface area contributed by atoms with E-state index in [-0.39, 0.29) is 12.5 Å². The molecular formula is C18H14F3N3O4. The molecule has 7 nitrogen and oxygen atoms in total. The molecule has 3 rings (SSSR count). The van der Waals surface area contributed by atoms with Crippen LogP contribution in [-0.2, 0) is 4.79 Å². The minimum absolute atomic E-state index is 0.0449. The summed E-state index contributed by atoms with van der Waals surface area (Å²) in [5, 5.41) is 5.70. The first kappa shape index (κ1) is 19.2. The molecule has 0 fully saturated rings. The standard InChI is InChI=1S/C18H14F3N3O4/c1-10(11-3-2-4-13(7-11)22-17(26)18(19,20)21)23-24-16(25)12-5-6-14-15(8-12)28-9-27-14/h2-8H,9H2,1H3,(H,22,26)(H,24,25). The number of benzene rings is 2. The molecule has 2 aromatic rings. The van der Waals surface area contributed by atoms with E-state index in [4.69, 9.17) is 9.47 Å². The lowest BCUT2D eigenvalue weighted by Gasteiger charge is -2.09. The van der Waals surface area contributed by atoms with Crippen molar-refractivity contribution in [2.75, 3.05) is 12.1 Å². The van der Waals surface area contributed by atoms with Crippen molar-refractivity contribution in [3.8, 4) is 11.5 Å². The molecule has 28 heavy (non-hydrogen) atoms. The van der Waals surface area contributed by atoms with Crippen molar-refractivity contribution < 1.29 is 32.2 Å². The molecule has 0 aromatic heterocycles. The van der Waals surface area contributed by atoms with Gasteiger partial charge in [0.2, 0.25) is 6.79 Å². The number of halogens is 3. The maximum absolute atomic E-state index is 12.3. The van der Waals surface area contributed by atoms with Gasteiger partial charge in [-0.25, -0.2) is 5.43 Å². The number of anilines is 1. The van der Waals surface area contributed by atoms with E-state index in [9.17, 15) is 22.8 Å². The van der Waals surface area contributed by atoms with Crippen LogP contribution in [0.5, 0.6) is 11.5 Å². The van der Waals surface area contributed by atoms with Crippen LogP contribution in [0, 0.1) is 0 Å². The van der Waals surface area contributed by atoms with Gasteiger partial charge in [0.1, 0.15) is 0 Å². The Bertz CT molecular complexity index is 957. The largest absolute Gasteiger partial charge is 0.471 e. The molecule has 1 heterocycles. The Morgan fingerprint density at radius 2 is 1.79 bits per heavy atom. The number of carbonyl (C=O) groups excluding carboxylic acids is 2. The van der Waals surface area contributed by atoms with Gasteiger partial charge in [-0.1, -0.05) is 12.1 Å². The predicted octanol–water partition coefficient (Wildman–Crippen LogP) is 3.07. The number of hydrogen-bond acceptors (Lipinski definition) is 5. The maximum Gasteiger partial charge on any atom is 0.471 e. The van der Waals surface area contributed by atoms with E-state index >= 15 is 0 Å². The monoisotopic (exact) mass is 393 g/mol. The number of ether oxygens (including phenoxy) is 2. The van der Waals surface area contributed by atoms with Gasteiger partial charge in [0, 0.05) is 11.3 Å². The molecule has 1 aliphatic rings. The van der Waals surface area contributed by atoms with Crippen LogP contribution < -0.4 is 20.2 Å². The molecule has 0 saturated heterocycles. The van der Waals surface area contributed by atoms with E-state index in [1.54, 1.807) is 30.4 Å². The van der Waals surface area contributed by atoms with Crippen molar-refractivity contribution in [2.24, 2.45) is 5.10 Å². The maximum atomic E-state index is 12.3. The van der Waals surface area contributed by atoms with Gasteiger partial charge < -0.3 is 14.8 Å². The molecule has 0 bridgehead atoms. The van der Waals surface area contributed by atoms with Gasteiger partial charge in [-0.3, -0.25) is 9.59 Å². The summed E-state index contributed by atoms with van der Waals surface area (Å²) in [6, 6.07) is 10.3. The molecule has 0 saturated carbocycles. The second-order valence-corrected chi connectivity index (χ2v) is 5.74. The van der Waals surface area contributed by atoms with Crippen LogP contribution in [0.15, 0.2) is 47.6 Å². The van der Waals surface area contributed by atoms with Crippen LogP contribution in [0.25, 0.3) is 0 Å². The van der Waals surface area contributed by atoms with Gasteiger partial charge in [0.05, 0.1) is 5.71 Å². The Balaban J connectivity index is 1.69. The molecule has 1 aliphatic heterocycles. The summed E-state index contributed by atoms with van der Waals surface area (Å²) in [5.41, 5.74) is 3.36. The lowest BCUT2D eigenvalue weighted by atomic mass is 10.1. The minimum atomic E-state index is -4.99. The second-order valence-electron chi connectivity index (χ2n) is 5.74. The molecule has 0 spiro atoms. The van der Waals surface area contributed by atoms with Gasteiger partial charge in [-0.05, 0) is 42.8 Å². The van der Waals surface area contributed by atoms with Crippen LogP contribution >= 0.6 is 0 Å². The summed E-state index contributed by atoms with van der Waals surface area (Å²) in [4.78, 5) is 23.2. The van der Waals surface area contributed by atoms with E-state index in [0.29, 0.717) is 28.3 Å². The highest BCUT2D eigenvalue weighted by Gasteiger charge is 2.38. The van der Waals surface area contributed by atoms with Gasteiger partial charge in [-0.2, -0.15) is 18.3 Å². The Kier molecular flexibility index (Phi) is 5.21. The summed E-state index contributed by atoms with van der Waals surface area (Å²) < 4.78 is 47.4. The van der Waals surface area contributed by atoms with Gasteiger partial charge in [-0.15, -0.1) is 0 Å². The topological polar surface area (TPSA) is 89.0 Å². The average molecular weight is 393 g/mol. The fourth-order valence-corrected chi connectivity index (χ4v) is 2.33. The molecule has 2 amide bonds. The predicted molar refractivity (Wildman–Crippen MR) is 93.4 cm³/mol. The Labute approximate surface area is 157 Å². The van der Waals surface area contributed by atoms with E-state index < -0.39 is 18.0 Å². The van der Waals surface area contributed by atoms with Crippen LogP contribution in [0.2, 0.25) is 0 Å². The van der Waals surface area contributed by atoms with E-state index in [1.165, 1.54) is 24.3 Å². The highest BCUT2D eigenvalue weighted by molar-refractivity contribution is 6.02. The third kappa shape index (κ3) is 4.40. The number of carbonyl (C=O) groups is 2. The highest BCUT2D eigenvalue weighted by atomic mass is 19.4. The zero-order valence-corrected chi connectivity index (χ0v) is 14.5. The molecule has 2 aromatic carbocycles. The van der Waals surface area contributed by atoms with Crippen LogP contribution in [0.1, 0.15) is 22.8 Å². The van der Waals surface area contributed by atoms with Crippen LogP contribution in [-0.4, -0.2) is 30.5 Å². The highest BCUT2D eigenvalue weighted by Crippen LogP contribution is 2.32. The van der Waals surface area contributed by atoms with Crippen molar-refractivity contribution in [1.82, 2.24) is 5.43 Å².